The highest BCUT2D eigenvalue weighted by molar-refractivity contribution is 9.10. The van der Waals surface area contributed by atoms with E-state index in [0.717, 1.165) is 17.9 Å². The van der Waals surface area contributed by atoms with Crippen molar-refractivity contribution in [3.8, 4) is 0 Å². The fraction of sp³-hybridized carbons (Fsp3) is 0.667. The number of halogens is 1. The average molecular weight is 336 g/mol. The molecule has 0 heterocycles. The maximum atomic E-state index is 3.96. The first-order valence-electron chi connectivity index (χ1n) is 8.13. The van der Waals surface area contributed by atoms with Crippen LogP contribution >= 0.6 is 15.9 Å². The molecule has 0 bridgehead atoms. The van der Waals surface area contributed by atoms with Crippen molar-refractivity contribution in [2.45, 2.75) is 64.5 Å². The van der Waals surface area contributed by atoms with Gasteiger partial charge in [0.25, 0.3) is 0 Å². The molecule has 0 saturated heterocycles. The Morgan fingerprint density at radius 3 is 2.50 bits per heavy atom. The number of benzene rings is 1. The molecule has 1 saturated carbocycles. The van der Waals surface area contributed by atoms with Crippen molar-refractivity contribution in [3.05, 3.63) is 33.8 Å². The zero-order chi connectivity index (χ0) is 14.1. The Kier molecular flexibility index (Phi) is 4.52. The van der Waals surface area contributed by atoms with Crippen LogP contribution in [0.5, 0.6) is 0 Å². The van der Waals surface area contributed by atoms with Gasteiger partial charge in [0.1, 0.15) is 0 Å². The Hall–Kier alpha value is -0.340. The van der Waals surface area contributed by atoms with Crippen molar-refractivity contribution in [2.24, 2.45) is 11.8 Å². The number of rotatable bonds is 2. The standard InChI is InChI=1S/C18H26BrN/c1-12-7-13(2)9-18(8-12)20-17-6-4-14-10-16(19)5-3-15(14)11-17/h3,5,10,12-13,17-18,20H,4,6-9,11H2,1-2H3. The summed E-state index contributed by atoms with van der Waals surface area (Å²) in [7, 11) is 0. The van der Waals surface area contributed by atoms with Gasteiger partial charge in [0.2, 0.25) is 0 Å². The van der Waals surface area contributed by atoms with Crippen LogP contribution in [0.1, 0.15) is 50.7 Å². The van der Waals surface area contributed by atoms with E-state index in [1.807, 2.05) is 0 Å². The first kappa shape index (κ1) is 14.6. The monoisotopic (exact) mass is 335 g/mol. The number of fused-ring (bicyclic) bond motifs is 1. The third-order valence-electron chi connectivity index (χ3n) is 5.05. The summed E-state index contributed by atoms with van der Waals surface area (Å²) in [6.07, 6.45) is 7.89. The molecule has 1 fully saturated rings. The van der Waals surface area contributed by atoms with E-state index in [1.54, 1.807) is 11.1 Å². The van der Waals surface area contributed by atoms with Gasteiger partial charge in [-0.3, -0.25) is 0 Å². The molecule has 1 nitrogen and oxygen atoms in total. The number of hydrogen-bond donors (Lipinski definition) is 1. The van der Waals surface area contributed by atoms with Gasteiger partial charge in [0.05, 0.1) is 0 Å². The van der Waals surface area contributed by atoms with Crippen molar-refractivity contribution in [2.75, 3.05) is 0 Å². The molecule has 2 heteroatoms. The van der Waals surface area contributed by atoms with Gasteiger partial charge >= 0.3 is 0 Å². The third kappa shape index (κ3) is 3.46. The van der Waals surface area contributed by atoms with Gasteiger partial charge in [-0.2, -0.15) is 0 Å². The molecular formula is C18H26BrN. The van der Waals surface area contributed by atoms with Crippen molar-refractivity contribution in [1.82, 2.24) is 5.32 Å². The lowest BCUT2D eigenvalue weighted by Gasteiger charge is -2.36. The van der Waals surface area contributed by atoms with Crippen molar-refractivity contribution < 1.29 is 0 Å². The molecule has 3 atom stereocenters. The van der Waals surface area contributed by atoms with Gasteiger partial charge in [0.15, 0.2) is 0 Å². The van der Waals surface area contributed by atoms with Gasteiger partial charge in [-0.15, -0.1) is 0 Å². The van der Waals surface area contributed by atoms with Crippen LogP contribution in [0, 0.1) is 11.8 Å². The molecule has 2 aliphatic rings. The molecule has 2 aliphatic carbocycles. The first-order valence-corrected chi connectivity index (χ1v) is 8.93. The van der Waals surface area contributed by atoms with E-state index in [1.165, 1.54) is 43.0 Å². The molecule has 0 spiro atoms. The zero-order valence-electron chi connectivity index (χ0n) is 12.7. The fourth-order valence-electron chi connectivity index (χ4n) is 4.28. The van der Waals surface area contributed by atoms with E-state index in [0.29, 0.717) is 6.04 Å². The molecule has 0 aromatic heterocycles. The topological polar surface area (TPSA) is 12.0 Å². The lowest BCUT2D eigenvalue weighted by Crippen LogP contribution is -2.44. The molecule has 0 aliphatic heterocycles. The smallest absolute Gasteiger partial charge is 0.0178 e. The largest absolute Gasteiger partial charge is 0.311 e. The van der Waals surface area contributed by atoms with E-state index in [9.17, 15) is 0 Å². The van der Waals surface area contributed by atoms with Crippen LogP contribution in [0.25, 0.3) is 0 Å². The second-order valence-electron chi connectivity index (χ2n) is 7.13. The van der Waals surface area contributed by atoms with E-state index >= 15 is 0 Å². The number of nitrogens with one attached hydrogen (secondary N) is 1. The lowest BCUT2D eigenvalue weighted by atomic mass is 9.79. The van der Waals surface area contributed by atoms with Gasteiger partial charge in [-0.1, -0.05) is 35.8 Å². The SMILES string of the molecule is CC1CC(C)CC(NC2CCc3cc(Br)ccc3C2)C1. The fourth-order valence-corrected chi connectivity index (χ4v) is 4.69. The molecule has 20 heavy (non-hydrogen) atoms. The predicted octanol–water partition coefficient (Wildman–Crippen LogP) is 4.72. The van der Waals surface area contributed by atoms with Crippen LogP contribution in [-0.4, -0.2) is 12.1 Å². The van der Waals surface area contributed by atoms with Gasteiger partial charge < -0.3 is 5.32 Å². The maximum Gasteiger partial charge on any atom is 0.0178 e. The second-order valence-corrected chi connectivity index (χ2v) is 8.05. The molecule has 3 unspecified atom stereocenters. The van der Waals surface area contributed by atoms with Crippen LogP contribution in [-0.2, 0) is 12.8 Å². The minimum atomic E-state index is 0.686. The Bertz CT molecular complexity index is 460. The molecule has 1 N–H and O–H groups in total. The lowest BCUT2D eigenvalue weighted by molar-refractivity contribution is 0.220. The van der Waals surface area contributed by atoms with Gasteiger partial charge in [0, 0.05) is 16.6 Å². The summed E-state index contributed by atoms with van der Waals surface area (Å²) in [6, 6.07) is 8.23. The first-order chi connectivity index (χ1) is 9.60. The summed E-state index contributed by atoms with van der Waals surface area (Å²) in [5, 5.41) is 3.96. The number of aryl methyl sites for hydroxylation is 1. The quantitative estimate of drug-likeness (QED) is 0.824. The summed E-state index contributed by atoms with van der Waals surface area (Å²) >= 11 is 3.58. The van der Waals surface area contributed by atoms with Crippen LogP contribution in [0.2, 0.25) is 0 Å². The molecule has 3 rings (SSSR count). The molecule has 1 aromatic rings. The summed E-state index contributed by atoms with van der Waals surface area (Å²) in [4.78, 5) is 0. The number of hydrogen-bond acceptors (Lipinski definition) is 1. The van der Waals surface area contributed by atoms with E-state index in [4.69, 9.17) is 0 Å². The second kappa shape index (κ2) is 6.19. The molecule has 110 valence electrons. The zero-order valence-corrected chi connectivity index (χ0v) is 14.2. The Morgan fingerprint density at radius 1 is 1.00 bits per heavy atom. The van der Waals surface area contributed by atoms with Crippen molar-refractivity contribution in [3.63, 3.8) is 0 Å². The van der Waals surface area contributed by atoms with Crippen LogP contribution in [0.3, 0.4) is 0 Å². The van der Waals surface area contributed by atoms with Crippen LogP contribution in [0.4, 0.5) is 0 Å². The summed E-state index contributed by atoms with van der Waals surface area (Å²) < 4.78 is 1.22. The highest BCUT2D eigenvalue weighted by Crippen LogP contribution is 2.30. The highest BCUT2D eigenvalue weighted by atomic mass is 79.9. The maximum absolute atomic E-state index is 3.96. The normalized spacial score (nSPS) is 33.8. The Balaban J connectivity index is 1.61. The van der Waals surface area contributed by atoms with E-state index in [2.05, 4.69) is 53.3 Å². The third-order valence-corrected chi connectivity index (χ3v) is 5.54. The summed E-state index contributed by atoms with van der Waals surface area (Å²) in [5.41, 5.74) is 3.09. The molecule has 0 amide bonds. The van der Waals surface area contributed by atoms with Crippen LogP contribution < -0.4 is 5.32 Å². The molecular weight excluding hydrogens is 310 g/mol. The van der Waals surface area contributed by atoms with Crippen molar-refractivity contribution in [1.29, 1.82) is 0 Å². The molecule has 1 aromatic carbocycles. The highest BCUT2D eigenvalue weighted by Gasteiger charge is 2.27. The summed E-state index contributed by atoms with van der Waals surface area (Å²) in [6.45, 7) is 4.83. The van der Waals surface area contributed by atoms with E-state index in [-0.39, 0.29) is 0 Å². The van der Waals surface area contributed by atoms with Gasteiger partial charge in [-0.05, 0) is 73.6 Å². The average Bonchev–Trinajstić information content (AvgIpc) is 2.38. The summed E-state index contributed by atoms with van der Waals surface area (Å²) in [5.74, 6) is 1.78. The van der Waals surface area contributed by atoms with Crippen molar-refractivity contribution >= 4 is 15.9 Å². The van der Waals surface area contributed by atoms with Gasteiger partial charge in [-0.25, -0.2) is 0 Å². The van der Waals surface area contributed by atoms with Crippen LogP contribution in [0.15, 0.2) is 22.7 Å². The predicted molar refractivity (Wildman–Crippen MR) is 89.1 cm³/mol. The minimum absolute atomic E-state index is 0.686. The Labute approximate surface area is 131 Å². The minimum Gasteiger partial charge on any atom is -0.311 e. The van der Waals surface area contributed by atoms with E-state index < -0.39 is 0 Å². The Morgan fingerprint density at radius 2 is 1.75 bits per heavy atom. The molecule has 0 radical (unpaired) electrons.